The van der Waals surface area contributed by atoms with Crippen molar-refractivity contribution in [1.82, 2.24) is 0 Å². The second-order valence-electron chi connectivity index (χ2n) is 3.62. The fourth-order valence-electron chi connectivity index (χ4n) is 1.37. The minimum absolute atomic E-state index is 0.679. The number of hydrogen-bond donors (Lipinski definition) is 0. The summed E-state index contributed by atoms with van der Waals surface area (Å²) in [5, 5.41) is 0. The molecule has 0 fully saturated rings. The third-order valence-corrected chi connectivity index (χ3v) is 6.07. The highest BCUT2D eigenvalue weighted by Gasteiger charge is 2.00. The zero-order valence-corrected chi connectivity index (χ0v) is 12.3. The Morgan fingerprint density at radius 3 is 1.63 bits per heavy atom. The zero-order valence-electron chi connectivity index (χ0n) is 9.81. The molecule has 0 unspecified atom stereocenters. The first kappa shape index (κ1) is 14.2. The average Bonchev–Trinajstić information content (AvgIpc) is 2.48. The quantitative estimate of drug-likeness (QED) is 0.568. The Labute approximate surface area is 123 Å². The van der Waals surface area contributed by atoms with Crippen LogP contribution in [0, 0.1) is 0 Å². The van der Waals surface area contributed by atoms with Gasteiger partial charge in [-0.2, -0.15) is 0 Å². The number of rotatable bonds is 6. The number of carbonyl (C=O) groups is 2. The fourth-order valence-corrected chi connectivity index (χ4v) is 5.12. The standard InChI is InChI=1S/C14H10O2S3/c15-9-11-3-1-5-13(7-11)17-19-18-14-6-2-4-12(8-14)10-16/h1-10H. The first-order valence-electron chi connectivity index (χ1n) is 5.43. The molecule has 0 aliphatic rings. The van der Waals surface area contributed by atoms with E-state index in [4.69, 9.17) is 0 Å². The third kappa shape index (κ3) is 4.45. The van der Waals surface area contributed by atoms with Crippen molar-refractivity contribution in [3.05, 3.63) is 59.7 Å². The Kier molecular flexibility index (Phi) is 5.57. The molecule has 0 aliphatic heterocycles. The molecule has 0 aromatic heterocycles. The fraction of sp³-hybridized carbons (Fsp3) is 0. The van der Waals surface area contributed by atoms with Crippen LogP contribution in [0.25, 0.3) is 0 Å². The molecule has 0 bridgehead atoms. The van der Waals surface area contributed by atoms with E-state index in [0.717, 1.165) is 22.4 Å². The molecule has 2 nitrogen and oxygen atoms in total. The highest BCUT2D eigenvalue weighted by atomic mass is 33.5. The Morgan fingerprint density at radius 2 is 1.21 bits per heavy atom. The first-order valence-corrected chi connectivity index (χ1v) is 8.92. The molecule has 0 saturated heterocycles. The predicted octanol–water partition coefficient (Wildman–Crippen LogP) is 4.76. The Bertz CT molecular complexity index is 533. The van der Waals surface area contributed by atoms with Gasteiger partial charge in [-0.3, -0.25) is 9.59 Å². The monoisotopic (exact) mass is 306 g/mol. The summed E-state index contributed by atoms with van der Waals surface area (Å²) in [6.45, 7) is 0. The van der Waals surface area contributed by atoms with Crippen LogP contribution in [0.3, 0.4) is 0 Å². The van der Waals surface area contributed by atoms with E-state index >= 15 is 0 Å². The molecule has 2 aromatic rings. The lowest BCUT2D eigenvalue weighted by atomic mass is 10.2. The van der Waals surface area contributed by atoms with Crippen molar-refractivity contribution in [2.75, 3.05) is 0 Å². The molecular weight excluding hydrogens is 296 g/mol. The lowest BCUT2D eigenvalue weighted by molar-refractivity contribution is 0.111. The summed E-state index contributed by atoms with van der Waals surface area (Å²) in [6.07, 6.45) is 1.69. The van der Waals surface area contributed by atoms with Crippen LogP contribution in [0.15, 0.2) is 58.3 Å². The summed E-state index contributed by atoms with van der Waals surface area (Å²) in [5.74, 6) is 0. The summed E-state index contributed by atoms with van der Waals surface area (Å²) in [4.78, 5) is 23.4. The zero-order chi connectivity index (χ0) is 13.5. The summed E-state index contributed by atoms with van der Waals surface area (Å²) >= 11 is 0. The smallest absolute Gasteiger partial charge is 0.150 e. The van der Waals surface area contributed by atoms with Crippen molar-refractivity contribution in [1.29, 1.82) is 0 Å². The van der Waals surface area contributed by atoms with E-state index in [1.807, 2.05) is 36.4 Å². The van der Waals surface area contributed by atoms with Gasteiger partial charge in [0, 0.05) is 20.9 Å². The topological polar surface area (TPSA) is 34.1 Å². The molecule has 19 heavy (non-hydrogen) atoms. The van der Waals surface area contributed by atoms with Gasteiger partial charge in [0.05, 0.1) is 0 Å². The molecule has 0 radical (unpaired) electrons. The van der Waals surface area contributed by atoms with Crippen LogP contribution in [-0.4, -0.2) is 12.6 Å². The maximum Gasteiger partial charge on any atom is 0.150 e. The lowest BCUT2D eigenvalue weighted by Gasteiger charge is -2.02. The summed E-state index contributed by atoms with van der Waals surface area (Å²) in [5.41, 5.74) is 1.36. The van der Waals surface area contributed by atoms with E-state index in [9.17, 15) is 9.59 Å². The van der Waals surface area contributed by atoms with Crippen molar-refractivity contribution in [2.24, 2.45) is 0 Å². The molecule has 0 atom stereocenters. The van der Waals surface area contributed by atoms with E-state index in [-0.39, 0.29) is 0 Å². The number of hydrogen-bond acceptors (Lipinski definition) is 5. The van der Waals surface area contributed by atoms with E-state index in [0.29, 0.717) is 11.1 Å². The van der Waals surface area contributed by atoms with Gasteiger partial charge in [0.2, 0.25) is 0 Å². The van der Waals surface area contributed by atoms with Crippen LogP contribution in [0.1, 0.15) is 20.7 Å². The van der Waals surface area contributed by atoms with Crippen molar-refractivity contribution >= 4 is 44.0 Å². The van der Waals surface area contributed by atoms with Gasteiger partial charge >= 0.3 is 0 Å². The van der Waals surface area contributed by atoms with Gasteiger partial charge in [-0.15, -0.1) is 0 Å². The van der Waals surface area contributed by atoms with Gasteiger partial charge in [-0.1, -0.05) is 24.3 Å². The molecule has 0 spiro atoms. The van der Waals surface area contributed by atoms with Crippen LogP contribution in [0.5, 0.6) is 0 Å². The number of aldehydes is 2. The molecule has 96 valence electrons. The summed E-state index contributed by atoms with van der Waals surface area (Å²) in [7, 11) is 4.78. The number of benzene rings is 2. The normalized spacial score (nSPS) is 10.1. The van der Waals surface area contributed by atoms with Gasteiger partial charge in [0.1, 0.15) is 12.6 Å². The number of carbonyl (C=O) groups excluding carboxylic acids is 2. The molecule has 2 aromatic carbocycles. The van der Waals surface area contributed by atoms with Crippen LogP contribution < -0.4 is 0 Å². The van der Waals surface area contributed by atoms with Crippen molar-refractivity contribution in [2.45, 2.75) is 9.79 Å². The van der Waals surface area contributed by atoms with Crippen molar-refractivity contribution < 1.29 is 9.59 Å². The van der Waals surface area contributed by atoms with Gasteiger partial charge in [-0.05, 0) is 55.7 Å². The largest absolute Gasteiger partial charge is 0.298 e. The highest BCUT2D eigenvalue weighted by Crippen LogP contribution is 2.44. The van der Waals surface area contributed by atoms with Crippen molar-refractivity contribution in [3.8, 4) is 0 Å². The van der Waals surface area contributed by atoms with E-state index < -0.39 is 0 Å². The summed E-state index contributed by atoms with van der Waals surface area (Å²) < 4.78 is 0. The Hall–Kier alpha value is -1.17. The minimum Gasteiger partial charge on any atom is -0.298 e. The minimum atomic E-state index is 0.679. The summed E-state index contributed by atoms with van der Waals surface area (Å²) in [6, 6.07) is 14.9. The maximum absolute atomic E-state index is 10.7. The highest BCUT2D eigenvalue weighted by molar-refractivity contribution is 9.09. The van der Waals surface area contributed by atoms with Gasteiger partial charge in [0.15, 0.2) is 0 Å². The third-order valence-electron chi connectivity index (χ3n) is 2.25. The van der Waals surface area contributed by atoms with Gasteiger partial charge < -0.3 is 0 Å². The van der Waals surface area contributed by atoms with Crippen LogP contribution >= 0.6 is 31.4 Å². The van der Waals surface area contributed by atoms with Crippen LogP contribution in [0.2, 0.25) is 0 Å². The maximum atomic E-state index is 10.7. The lowest BCUT2D eigenvalue weighted by Crippen LogP contribution is -1.78. The van der Waals surface area contributed by atoms with E-state index in [1.165, 1.54) is 0 Å². The Morgan fingerprint density at radius 1 is 0.737 bits per heavy atom. The second kappa shape index (κ2) is 7.43. The average molecular weight is 306 g/mol. The molecule has 0 saturated carbocycles. The molecule has 0 aliphatic carbocycles. The van der Waals surface area contributed by atoms with Gasteiger partial charge in [0.25, 0.3) is 0 Å². The predicted molar refractivity (Wildman–Crippen MR) is 83.0 cm³/mol. The molecule has 0 amide bonds. The van der Waals surface area contributed by atoms with Crippen LogP contribution in [-0.2, 0) is 0 Å². The Balaban J connectivity index is 1.92. The molecule has 5 heteroatoms. The molecular formula is C14H10O2S3. The van der Waals surface area contributed by atoms with Crippen LogP contribution in [0.4, 0.5) is 0 Å². The SMILES string of the molecule is O=Cc1cccc(SSSc2cccc(C=O)c2)c1. The van der Waals surface area contributed by atoms with Crippen molar-refractivity contribution in [3.63, 3.8) is 0 Å². The first-order chi connectivity index (χ1) is 9.31. The molecule has 0 N–H and O–H groups in total. The molecule has 2 rings (SSSR count). The van der Waals surface area contributed by atoms with Gasteiger partial charge in [-0.25, -0.2) is 0 Å². The van der Waals surface area contributed by atoms with E-state index in [2.05, 4.69) is 0 Å². The molecule has 0 heterocycles. The van der Waals surface area contributed by atoms with E-state index in [1.54, 1.807) is 43.5 Å². The second-order valence-corrected chi connectivity index (χ2v) is 7.66.